The van der Waals surface area contributed by atoms with E-state index in [-0.39, 0.29) is 18.5 Å². The molecule has 0 saturated carbocycles. The van der Waals surface area contributed by atoms with Crippen LogP contribution >= 0.6 is 11.6 Å². The van der Waals surface area contributed by atoms with E-state index in [2.05, 4.69) is 34.9 Å². The number of amides is 1. The number of halogens is 1. The number of carbonyl (C=O) groups is 1. The maximum absolute atomic E-state index is 12.3. The molecule has 2 N–H and O–H groups in total. The first-order valence-electron chi connectivity index (χ1n) is 8.57. The smallest absolute Gasteiger partial charge is 0.234 e. The van der Waals surface area contributed by atoms with Crippen molar-refractivity contribution < 1.29 is 4.79 Å². The summed E-state index contributed by atoms with van der Waals surface area (Å²) in [4.78, 5) is 12.3. The normalized spacial score (nSPS) is 10.7. The molecule has 3 nitrogen and oxygen atoms in total. The van der Waals surface area contributed by atoms with Crippen LogP contribution in [-0.4, -0.2) is 12.5 Å². The first kappa shape index (κ1) is 18.2. The molecule has 0 saturated heterocycles. The van der Waals surface area contributed by atoms with Crippen LogP contribution in [0.25, 0.3) is 0 Å². The predicted molar refractivity (Wildman–Crippen MR) is 106 cm³/mol. The molecule has 0 aliphatic heterocycles. The third kappa shape index (κ3) is 4.94. The molecule has 4 heteroatoms. The molecule has 132 valence electrons. The molecule has 0 aliphatic carbocycles. The molecule has 0 fully saturated rings. The number of hydrogen-bond donors (Lipinski definition) is 2. The van der Waals surface area contributed by atoms with Crippen LogP contribution in [0.5, 0.6) is 0 Å². The maximum atomic E-state index is 12.3. The summed E-state index contributed by atoms with van der Waals surface area (Å²) < 4.78 is 0. The second-order valence-electron chi connectivity index (χ2n) is 6.00. The Morgan fingerprint density at radius 1 is 0.808 bits per heavy atom. The lowest BCUT2D eigenvalue weighted by Crippen LogP contribution is -2.35. The lowest BCUT2D eigenvalue weighted by atomic mass is 9.99. The highest BCUT2D eigenvalue weighted by Gasteiger charge is 2.14. The van der Waals surface area contributed by atoms with Gasteiger partial charge < -0.3 is 5.32 Å². The highest BCUT2D eigenvalue weighted by Crippen LogP contribution is 2.21. The van der Waals surface area contributed by atoms with Crippen molar-refractivity contribution in [1.29, 1.82) is 0 Å². The first-order valence-corrected chi connectivity index (χ1v) is 8.95. The van der Waals surface area contributed by atoms with E-state index in [1.165, 1.54) is 0 Å². The highest BCUT2D eigenvalue weighted by molar-refractivity contribution is 6.31. The molecular formula is C22H21ClN2O. The van der Waals surface area contributed by atoms with Gasteiger partial charge in [-0.3, -0.25) is 10.1 Å². The average molecular weight is 365 g/mol. The van der Waals surface area contributed by atoms with E-state index in [0.29, 0.717) is 11.6 Å². The fraction of sp³-hybridized carbons (Fsp3) is 0.136. The third-order valence-electron chi connectivity index (χ3n) is 4.17. The van der Waals surface area contributed by atoms with Crippen LogP contribution in [0.15, 0.2) is 84.9 Å². The monoisotopic (exact) mass is 364 g/mol. The summed E-state index contributed by atoms with van der Waals surface area (Å²) in [6, 6.07) is 27.7. The minimum atomic E-state index is -0.0678. The minimum Gasteiger partial charge on any atom is -0.351 e. The van der Waals surface area contributed by atoms with Crippen LogP contribution in [0.2, 0.25) is 5.02 Å². The number of nitrogens with one attached hydrogen (secondary N) is 2. The lowest BCUT2D eigenvalue weighted by molar-refractivity contribution is -0.120. The molecule has 0 heterocycles. The Balaban J connectivity index is 1.63. The van der Waals surface area contributed by atoms with Gasteiger partial charge >= 0.3 is 0 Å². The fourth-order valence-corrected chi connectivity index (χ4v) is 3.01. The number of benzene rings is 3. The van der Waals surface area contributed by atoms with Gasteiger partial charge in [0, 0.05) is 11.6 Å². The van der Waals surface area contributed by atoms with Crippen LogP contribution in [0.4, 0.5) is 0 Å². The van der Waals surface area contributed by atoms with Gasteiger partial charge in [-0.25, -0.2) is 0 Å². The van der Waals surface area contributed by atoms with Gasteiger partial charge in [-0.2, -0.15) is 0 Å². The first-order chi connectivity index (χ1) is 12.7. The van der Waals surface area contributed by atoms with Crippen molar-refractivity contribution in [3.8, 4) is 0 Å². The summed E-state index contributed by atoms with van der Waals surface area (Å²) in [5, 5.41) is 6.93. The van der Waals surface area contributed by atoms with Crippen LogP contribution < -0.4 is 10.6 Å². The summed E-state index contributed by atoms with van der Waals surface area (Å²) in [6.07, 6.45) is 0. The molecule has 0 bridgehead atoms. The largest absolute Gasteiger partial charge is 0.351 e. The zero-order chi connectivity index (χ0) is 18.2. The predicted octanol–water partition coefficient (Wildman–Crippen LogP) is 4.34. The van der Waals surface area contributed by atoms with Crippen LogP contribution in [0.3, 0.4) is 0 Å². The van der Waals surface area contributed by atoms with Gasteiger partial charge in [0.1, 0.15) is 0 Å². The van der Waals surface area contributed by atoms with E-state index in [1.807, 2.05) is 60.7 Å². The van der Waals surface area contributed by atoms with Crippen LogP contribution in [0, 0.1) is 0 Å². The van der Waals surface area contributed by atoms with Crippen molar-refractivity contribution in [2.45, 2.75) is 12.6 Å². The third-order valence-corrected chi connectivity index (χ3v) is 4.54. The van der Waals surface area contributed by atoms with Gasteiger partial charge in [-0.1, -0.05) is 90.5 Å². The summed E-state index contributed by atoms with van der Waals surface area (Å²) in [6.45, 7) is 0.639. The zero-order valence-electron chi connectivity index (χ0n) is 14.4. The highest BCUT2D eigenvalue weighted by atomic mass is 35.5. The van der Waals surface area contributed by atoms with Crippen molar-refractivity contribution in [2.75, 3.05) is 6.54 Å². The molecule has 0 spiro atoms. The summed E-state index contributed by atoms with van der Waals surface area (Å²) in [5.41, 5.74) is 3.15. The lowest BCUT2D eigenvalue weighted by Gasteiger charge is -2.19. The Hall–Kier alpha value is -2.62. The van der Waals surface area contributed by atoms with E-state index in [9.17, 15) is 4.79 Å². The standard InChI is InChI=1S/C22H21ClN2O/c23-20-14-8-7-13-19(20)15-24-21(26)16-25-22(17-9-3-1-4-10-17)18-11-5-2-6-12-18/h1-14,22,25H,15-16H2,(H,24,26). The van der Waals surface area contributed by atoms with Crippen LogP contribution in [0.1, 0.15) is 22.7 Å². The maximum Gasteiger partial charge on any atom is 0.234 e. The summed E-state index contributed by atoms with van der Waals surface area (Å²) in [7, 11) is 0. The Kier molecular flexibility index (Phi) is 6.42. The quantitative estimate of drug-likeness (QED) is 0.655. The Morgan fingerprint density at radius 2 is 1.35 bits per heavy atom. The van der Waals surface area contributed by atoms with Gasteiger partial charge in [0.25, 0.3) is 0 Å². The second-order valence-corrected chi connectivity index (χ2v) is 6.41. The Labute approximate surface area is 159 Å². The van der Waals surface area contributed by atoms with Gasteiger partial charge in [0.05, 0.1) is 12.6 Å². The van der Waals surface area contributed by atoms with E-state index in [4.69, 9.17) is 11.6 Å². The SMILES string of the molecule is O=C(CNC(c1ccccc1)c1ccccc1)NCc1ccccc1Cl. The van der Waals surface area contributed by atoms with E-state index in [0.717, 1.165) is 16.7 Å². The van der Waals surface area contributed by atoms with Gasteiger partial charge in [0.15, 0.2) is 0 Å². The molecule has 3 rings (SSSR count). The zero-order valence-corrected chi connectivity index (χ0v) is 15.1. The van der Waals surface area contributed by atoms with E-state index < -0.39 is 0 Å². The van der Waals surface area contributed by atoms with Crippen molar-refractivity contribution in [3.05, 3.63) is 107 Å². The molecule has 0 radical (unpaired) electrons. The van der Waals surface area contributed by atoms with Crippen LogP contribution in [-0.2, 0) is 11.3 Å². The molecule has 0 aliphatic rings. The molecule has 26 heavy (non-hydrogen) atoms. The topological polar surface area (TPSA) is 41.1 Å². The molecule has 0 unspecified atom stereocenters. The van der Waals surface area contributed by atoms with Crippen molar-refractivity contribution in [3.63, 3.8) is 0 Å². The molecule has 0 atom stereocenters. The minimum absolute atomic E-state index is 0.0385. The fourth-order valence-electron chi connectivity index (χ4n) is 2.81. The van der Waals surface area contributed by atoms with Crippen molar-refractivity contribution in [2.24, 2.45) is 0 Å². The molecular weight excluding hydrogens is 344 g/mol. The second kappa shape index (κ2) is 9.18. The van der Waals surface area contributed by atoms with Gasteiger partial charge in [-0.05, 0) is 22.8 Å². The van der Waals surface area contributed by atoms with Gasteiger partial charge in [0.2, 0.25) is 5.91 Å². The Morgan fingerprint density at radius 3 is 1.92 bits per heavy atom. The number of hydrogen-bond acceptors (Lipinski definition) is 2. The Bertz CT molecular complexity index is 798. The van der Waals surface area contributed by atoms with E-state index >= 15 is 0 Å². The number of rotatable bonds is 7. The molecule has 0 aromatic heterocycles. The number of carbonyl (C=O) groups excluding carboxylic acids is 1. The molecule has 1 amide bonds. The van der Waals surface area contributed by atoms with Crippen molar-refractivity contribution >= 4 is 17.5 Å². The molecule has 3 aromatic carbocycles. The van der Waals surface area contributed by atoms with Crippen molar-refractivity contribution in [1.82, 2.24) is 10.6 Å². The molecule has 3 aromatic rings. The van der Waals surface area contributed by atoms with Gasteiger partial charge in [-0.15, -0.1) is 0 Å². The average Bonchev–Trinajstić information content (AvgIpc) is 2.69. The summed E-state index contributed by atoms with van der Waals surface area (Å²) >= 11 is 6.13. The van der Waals surface area contributed by atoms with E-state index in [1.54, 1.807) is 0 Å². The summed E-state index contributed by atoms with van der Waals surface area (Å²) in [5.74, 6) is -0.0678.